The predicted octanol–water partition coefficient (Wildman–Crippen LogP) is 1.15. The Morgan fingerprint density at radius 1 is 1.34 bits per heavy atom. The van der Waals surface area contributed by atoms with Crippen LogP contribution in [0.2, 0.25) is 0 Å². The number of carbonyl (C=O) groups is 3. The van der Waals surface area contributed by atoms with Crippen LogP contribution < -0.4 is 0 Å². The minimum atomic E-state index is -0.897. The smallest absolute Gasteiger partial charge is 0.358 e. The number of esters is 2. The first-order valence-corrected chi connectivity index (χ1v) is 10.5. The summed E-state index contributed by atoms with van der Waals surface area (Å²) in [6, 6.07) is 4.76. The van der Waals surface area contributed by atoms with Gasteiger partial charge < -0.3 is 14.4 Å². The first kappa shape index (κ1) is 21.7. The van der Waals surface area contributed by atoms with Crippen LogP contribution in [0.4, 0.5) is 5.69 Å². The van der Waals surface area contributed by atoms with E-state index in [0.29, 0.717) is 12.0 Å². The van der Waals surface area contributed by atoms with Crippen molar-refractivity contribution in [2.45, 2.75) is 42.7 Å². The Labute approximate surface area is 186 Å². The summed E-state index contributed by atoms with van der Waals surface area (Å²) in [7, 11) is 1.24. The van der Waals surface area contributed by atoms with E-state index in [-0.39, 0.29) is 35.8 Å². The molecular weight excluding hydrogens is 442 g/mol. The average molecular weight is 461 g/mol. The molecule has 12 nitrogen and oxygen atoms in total. The fourth-order valence-corrected chi connectivity index (χ4v) is 5.58. The fourth-order valence-electron chi connectivity index (χ4n) is 3.85. The molecule has 3 atom stereocenters. The summed E-state index contributed by atoms with van der Waals surface area (Å²) in [6.45, 7) is 1.83. The van der Waals surface area contributed by atoms with E-state index >= 15 is 0 Å². The minimum Gasteiger partial charge on any atom is -0.464 e. The Balaban J connectivity index is 1.52. The van der Waals surface area contributed by atoms with Crippen molar-refractivity contribution in [3.05, 3.63) is 51.8 Å². The average Bonchev–Trinajstić information content (AvgIpc) is 3.31. The maximum Gasteiger partial charge on any atom is 0.358 e. The van der Waals surface area contributed by atoms with E-state index in [2.05, 4.69) is 10.3 Å². The summed E-state index contributed by atoms with van der Waals surface area (Å²) in [5.74, 6) is -1.37. The number of nitro benzene ring substituents is 1. The molecule has 1 amide bonds. The predicted molar refractivity (Wildman–Crippen MR) is 109 cm³/mol. The third-order valence-corrected chi connectivity index (χ3v) is 6.99. The number of β-lactam (4-membered cyclic amide) rings is 1. The van der Waals surface area contributed by atoms with E-state index in [1.807, 2.05) is 6.92 Å². The van der Waals surface area contributed by atoms with E-state index in [0.717, 1.165) is 0 Å². The van der Waals surface area contributed by atoms with Crippen molar-refractivity contribution in [1.29, 1.82) is 0 Å². The van der Waals surface area contributed by atoms with Gasteiger partial charge in [-0.15, -0.1) is 16.9 Å². The van der Waals surface area contributed by atoms with Crippen LogP contribution in [0.3, 0.4) is 0 Å². The number of thioether (sulfide) groups is 1. The zero-order valence-electron chi connectivity index (χ0n) is 17.2. The van der Waals surface area contributed by atoms with Gasteiger partial charge >= 0.3 is 11.9 Å². The van der Waals surface area contributed by atoms with Crippen molar-refractivity contribution < 1.29 is 28.8 Å². The van der Waals surface area contributed by atoms with E-state index in [1.54, 1.807) is 0 Å². The number of aromatic nitrogens is 3. The Bertz CT molecular complexity index is 1090. The van der Waals surface area contributed by atoms with Gasteiger partial charge in [-0.2, -0.15) is 0 Å². The third-order valence-electron chi connectivity index (χ3n) is 5.44. The normalized spacial score (nSPS) is 23.9. The van der Waals surface area contributed by atoms with Gasteiger partial charge in [0.1, 0.15) is 12.6 Å². The van der Waals surface area contributed by atoms with Crippen LogP contribution in [0, 0.1) is 10.1 Å². The van der Waals surface area contributed by atoms with Crippen LogP contribution in [0.1, 0.15) is 29.4 Å². The van der Waals surface area contributed by atoms with Crippen molar-refractivity contribution in [2.75, 3.05) is 7.11 Å². The molecule has 0 N–H and O–H groups in total. The van der Waals surface area contributed by atoms with E-state index < -0.39 is 27.7 Å². The van der Waals surface area contributed by atoms with Crippen LogP contribution in [0.5, 0.6) is 0 Å². The van der Waals surface area contributed by atoms with Gasteiger partial charge in [0.2, 0.25) is 5.91 Å². The molecule has 0 bridgehead atoms. The van der Waals surface area contributed by atoms with Crippen molar-refractivity contribution in [3.8, 4) is 0 Å². The number of nitro groups is 1. The van der Waals surface area contributed by atoms with Gasteiger partial charge in [0.05, 0.1) is 41.3 Å². The number of hydrogen-bond donors (Lipinski definition) is 0. The number of ether oxygens (including phenoxy) is 2. The summed E-state index contributed by atoms with van der Waals surface area (Å²) in [5.41, 5.74) is 0.642. The van der Waals surface area contributed by atoms with Gasteiger partial charge in [0, 0.05) is 12.1 Å². The van der Waals surface area contributed by atoms with Crippen molar-refractivity contribution >= 4 is 35.3 Å². The first-order valence-electron chi connectivity index (χ1n) is 9.59. The van der Waals surface area contributed by atoms with Crippen LogP contribution in [-0.2, 0) is 32.2 Å². The summed E-state index contributed by atoms with van der Waals surface area (Å²) >= 11 is 1.44. The molecule has 2 aliphatic rings. The van der Waals surface area contributed by atoms with E-state index in [1.165, 1.54) is 58.9 Å². The lowest BCUT2D eigenvalue weighted by molar-refractivity contribution is -0.384. The second-order valence-corrected chi connectivity index (χ2v) is 9.31. The number of methoxy groups -OCH3 is 1. The second kappa shape index (κ2) is 8.22. The molecular formula is C19H19N5O7S. The monoisotopic (exact) mass is 461 g/mol. The topological polar surface area (TPSA) is 147 Å². The Kier molecular flexibility index (Phi) is 5.59. The molecule has 0 radical (unpaired) electrons. The van der Waals surface area contributed by atoms with Crippen molar-refractivity contribution in [3.63, 3.8) is 0 Å². The molecule has 0 spiro atoms. The molecule has 2 saturated heterocycles. The van der Waals surface area contributed by atoms with E-state index in [4.69, 9.17) is 9.47 Å². The van der Waals surface area contributed by atoms with Gasteiger partial charge in [0.25, 0.3) is 5.69 Å². The largest absolute Gasteiger partial charge is 0.464 e. The quantitative estimate of drug-likeness (QED) is 0.254. The molecule has 2 fully saturated rings. The van der Waals surface area contributed by atoms with Gasteiger partial charge in [-0.1, -0.05) is 5.21 Å². The van der Waals surface area contributed by atoms with Crippen LogP contribution >= 0.6 is 11.8 Å². The molecule has 3 unspecified atom stereocenters. The number of hydrogen-bond acceptors (Lipinski definition) is 10. The van der Waals surface area contributed by atoms with Gasteiger partial charge in [-0.05, 0) is 24.6 Å². The number of fused-ring (bicyclic) bond motifs is 1. The molecule has 168 valence electrons. The Morgan fingerprint density at radius 3 is 2.69 bits per heavy atom. The molecule has 0 aliphatic carbocycles. The zero-order valence-corrected chi connectivity index (χ0v) is 18.0. The van der Waals surface area contributed by atoms with E-state index in [9.17, 15) is 24.5 Å². The fraction of sp³-hybridized carbons (Fsp3) is 0.421. The zero-order chi connectivity index (χ0) is 23.0. The van der Waals surface area contributed by atoms with Crippen molar-refractivity contribution in [1.82, 2.24) is 19.9 Å². The number of carbonyl (C=O) groups excluding carboxylic acids is 3. The maximum absolute atomic E-state index is 13.1. The molecule has 2 aliphatic heterocycles. The Hall–Kier alpha value is -3.48. The molecule has 3 heterocycles. The number of non-ortho nitro benzene ring substituents is 1. The molecule has 32 heavy (non-hydrogen) atoms. The minimum absolute atomic E-state index is 0.0666. The lowest BCUT2D eigenvalue weighted by Crippen LogP contribution is -2.58. The molecule has 1 aromatic heterocycles. The summed E-state index contributed by atoms with van der Waals surface area (Å²) in [4.78, 5) is 49.1. The maximum atomic E-state index is 13.1. The number of rotatable bonds is 7. The lowest BCUT2D eigenvalue weighted by Gasteiger charge is -2.37. The van der Waals surface area contributed by atoms with Crippen molar-refractivity contribution in [2.24, 2.45) is 0 Å². The van der Waals surface area contributed by atoms with Crippen LogP contribution in [-0.4, -0.2) is 65.9 Å². The van der Waals surface area contributed by atoms with Gasteiger partial charge in [0.15, 0.2) is 5.69 Å². The summed E-state index contributed by atoms with van der Waals surface area (Å²) in [5, 5.41) is 18.3. The number of benzene rings is 1. The van der Waals surface area contributed by atoms with Crippen LogP contribution in [0.25, 0.3) is 0 Å². The van der Waals surface area contributed by atoms with Gasteiger partial charge in [-0.3, -0.25) is 14.9 Å². The highest BCUT2D eigenvalue weighted by Crippen LogP contribution is 2.52. The molecule has 13 heteroatoms. The SMILES string of the molecule is COC(=O)c1cnnn1CC1(C)SC2CC(=O)N2C1C(=O)OCc1ccc([N+](=O)[O-])cc1. The third kappa shape index (κ3) is 3.79. The number of amides is 1. The highest BCUT2D eigenvalue weighted by molar-refractivity contribution is 8.01. The number of nitrogens with zero attached hydrogens (tertiary/aromatic N) is 5. The molecule has 4 rings (SSSR count). The second-order valence-electron chi connectivity index (χ2n) is 7.59. The first-order chi connectivity index (χ1) is 15.2. The summed E-state index contributed by atoms with van der Waals surface area (Å²) in [6.07, 6.45) is 1.59. The van der Waals surface area contributed by atoms with Crippen LogP contribution in [0.15, 0.2) is 30.5 Å². The molecule has 0 saturated carbocycles. The molecule has 2 aromatic rings. The summed E-state index contributed by atoms with van der Waals surface area (Å²) < 4.78 is 10.7. The van der Waals surface area contributed by atoms with Gasteiger partial charge in [-0.25, -0.2) is 14.3 Å². The lowest BCUT2D eigenvalue weighted by atomic mass is 9.96. The standard InChI is InChI=1S/C19H19N5O7S/c1-19(10-22-13(8-20-21-22)17(26)30-2)16(23-14(25)7-15(23)32-19)18(27)31-9-11-3-5-12(6-4-11)24(28)29/h3-6,8,15-16H,7,9-10H2,1-2H3. The molecule has 1 aromatic carbocycles. The highest BCUT2D eigenvalue weighted by Gasteiger charge is 2.61. The highest BCUT2D eigenvalue weighted by atomic mass is 32.2. The Morgan fingerprint density at radius 2 is 2.06 bits per heavy atom.